The van der Waals surface area contributed by atoms with E-state index in [-0.39, 0.29) is 0 Å². The lowest BCUT2D eigenvalue weighted by molar-refractivity contribution is 0.399. The predicted molar refractivity (Wildman–Crippen MR) is 123 cm³/mol. The molecule has 0 saturated heterocycles. The van der Waals surface area contributed by atoms with Crippen LogP contribution in [0, 0.1) is 0 Å². The van der Waals surface area contributed by atoms with Crippen molar-refractivity contribution in [1.82, 2.24) is 0 Å². The Morgan fingerprint density at radius 1 is 0.893 bits per heavy atom. The van der Waals surface area contributed by atoms with Crippen LogP contribution >= 0.6 is 12.0 Å². The average molecular weight is 407 g/mol. The van der Waals surface area contributed by atoms with Gasteiger partial charge in [-0.15, -0.1) is 0 Å². The monoisotopic (exact) mass is 406 g/mol. The first-order valence-electron chi connectivity index (χ1n) is 11.7. The molecule has 2 nitrogen and oxygen atoms in total. The molecule has 0 aromatic heterocycles. The average Bonchev–Trinajstić information content (AvgIpc) is 2.79. The van der Waals surface area contributed by atoms with Gasteiger partial charge in [0.05, 0.1) is 0 Å². The summed E-state index contributed by atoms with van der Waals surface area (Å²) in [6, 6.07) is 5.03. The fourth-order valence-corrected chi connectivity index (χ4v) is 6.09. The van der Waals surface area contributed by atoms with Crippen LogP contribution < -0.4 is 0 Å². The third-order valence-corrected chi connectivity index (χ3v) is 7.61. The van der Waals surface area contributed by atoms with E-state index in [4.69, 9.17) is 5.11 Å². The highest BCUT2D eigenvalue weighted by Gasteiger charge is 2.26. The van der Waals surface area contributed by atoms with Crippen molar-refractivity contribution in [3.8, 4) is 0 Å². The Balaban J connectivity index is 0.00000136. The van der Waals surface area contributed by atoms with E-state index in [9.17, 15) is 4.55 Å². The zero-order chi connectivity index (χ0) is 20.4. The molecule has 0 radical (unpaired) electrons. The fourth-order valence-electron chi connectivity index (χ4n) is 5.42. The molecule has 2 aliphatic carbocycles. The van der Waals surface area contributed by atoms with Gasteiger partial charge in [-0.2, -0.15) is 0 Å². The summed E-state index contributed by atoms with van der Waals surface area (Å²) in [6.45, 7) is 4.61. The third kappa shape index (κ3) is 6.00. The molecule has 2 N–H and O–H groups in total. The number of hydrogen-bond acceptors (Lipinski definition) is 3. The summed E-state index contributed by atoms with van der Waals surface area (Å²) in [6.07, 6.45) is 17.3. The van der Waals surface area contributed by atoms with Gasteiger partial charge in [0.1, 0.15) is 0 Å². The molecular formula is C25H42O2S. The quantitative estimate of drug-likeness (QED) is 0.448. The molecule has 160 valence electrons. The summed E-state index contributed by atoms with van der Waals surface area (Å²) in [5.74, 6) is 2.02. The molecule has 1 unspecified atom stereocenters. The number of aliphatic hydroxyl groups is 1. The molecule has 0 aliphatic heterocycles. The van der Waals surface area contributed by atoms with Crippen LogP contribution in [0.3, 0.4) is 0 Å². The largest absolute Gasteiger partial charge is 0.400 e. The Kier molecular flexibility index (Phi) is 11.0. The van der Waals surface area contributed by atoms with Gasteiger partial charge in [0.2, 0.25) is 0 Å². The van der Waals surface area contributed by atoms with Crippen molar-refractivity contribution < 1.29 is 9.66 Å². The maximum Gasteiger partial charge on any atom is 0.0420 e. The Morgan fingerprint density at radius 3 is 1.96 bits per heavy atom. The van der Waals surface area contributed by atoms with Crippen molar-refractivity contribution >= 4 is 12.0 Å². The number of benzene rings is 1. The van der Waals surface area contributed by atoms with Gasteiger partial charge >= 0.3 is 0 Å². The molecule has 28 heavy (non-hydrogen) atoms. The van der Waals surface area contributed by atoms with E-state index in [2.05, 4.69) is 26.0 Å². The van der Waals surface area contributed by atoms with Crippen molar-refractivity contribution in [3.63, 3.8) is 0 Å². The van der Waals surface area contributed by atoms with Crippen LogP contribution in [0.2, 0.25) is 0 Å². The minimum absolute atomic E-state index is 0.598. The zero-order valence-electron chi connectivity index (χ0n) is 18.4. The molecule has 0 heterocycles. The minimum Gasteiger partial charge on any atom is -0.400 e. The molecule has 0 spiro atoms. The maximum absolute atomic E-state index is 10.3. The topological polar surface area (TPSA) is 40.5 Å². The molecule has 3 rings (SSSR count). The van der Waals surface area contributed by atoms with E-state index in [1.807, 2.05) is 0 Å². The predicted octanol–water partition coefficient (Wildman–Crippen LogP) is 8.25. The van der Waals surface area contributed by atoms with Crippen molar-refractivity contribution in [2.45, 2.75) is 120 Å². The lowest BCUT2D eigenvalue weighted by Crippen LogP contribution is -2.12. The van der Waals surface area contributed by atoms with E-state index >= 15 is 0 Å². The fraction of sp³-hybridized carbons (Fsp3) is 0.760. The molecule has 0 bridgehead atoms. The van der Waals surface area contributed by atoms with Crippen LogP contribution in [0.25, 0.3) is 0 Å². The van der Waals surface area contributed by atoms with Gasteiger partial charge in [-0.25, -0.2) is 0 Å². The summed E-state index contributed by atoms with van der Waals surface area (Å²) in [5, 5.41) is 7.00. The minimum atomic E-state index is 0.598. The number of hydrogen-bond donors (Lipinski definition) is 2. The molecule has 3 heteroatoms. The molecule has 2 aliphatic rings. The maximum atomic E-state index is 10.3. The van der Waals surface area contributed by atoms with Crippen LogP contribution in [0.4, 0.5) is 0 Å². The third-order valence-electron chi connectivity index (χ3n) is 6.95. The highest BCUT2D eigenvalue weighted by Crippen LogP contribution is 2.45. The zero-order valence-corrected chi connectivity index (χ0v) is 19.2. The lowest BCUT2D eigenvalue weighted by Gasteiger charge is -2.30. The van der Waals surface area contributed by atoms with Gasteiger partial charge < -0.3 is 9.66 Å². The van der Waals surface area contributed by atoms with Crippen molar-refractivity contribution in [1.29, 1.82) is 0 Å². The van der Waals surface area contributed by atoms with Crippen LogP contribution in [0.5, 0.6) is 0 Å². The molecule has 2 fully saturated rings. The van der Waals surface area contributed by atoms with E-state index < -0.39 is 0 Å². The standard InChI is InChI=1S/C24H38OS.CH4O/c1-3-11-18(4-2)22-16-21(19-12-7-5-8-13-19)17-23(24(22)26-25)20-14-9-6-10-15-20;1-2/h16-20,25H,3-15H2,1-2H3;2H,1H3. The highest BCUT2D eigenvalue weighted by molar-refractivity contribution is 7.93. The van der Waals surface area contributed by atoms with Crippen LogP contribution in [-0.2, 0) is 0 Å². The van der Waals surface area contributed by atoms with Gasteiger partial charge in [-0.05, 0) is 73.0 Å². The summed E-state index contributed by atoms with van der Waals surface area (Å²) < 4.78 is 10.3. The molecule has 1 aromatic rings. The van der Waals surface area contributed by atoms with Gasteiger partial charge in [0.15, 0.2) is 0 Å². The van der Waals surface area contributed by atoms with Gasteiger partial charge in [-0.3, -0.25) is 0 Å². The van der Waals surface area contributed by atoms with E-state index in [1.54, 1.807) is 5.56 Å². The first kappa shape index (κ1) is 23.8. The Bertz CT molecular complexity index is 534. The molecule has 0 amide bonds. The molecule has 1 atom stereocenters. The lowest BCUT2D eigenvalue weighted by atomic mass is 9.77. The highest BCUT2D eigenvalue weighted by atomic mass is 32.2. The van der Waals surface area contributed by atoms with Gasteiger partial charge in [0, 0.05) is 24.0 Å². The Morgan fingerprint density at radius 2 is 1.46 bits per heavy atom. The van der Waals surface area contributed by atoms with Crippen molar-refractivity contribution in [2.24, 2.45) is 0 Å². The SMILES string of the molecule is CCCC(CC)c1cc(C2CCCCC2)cc(C2CCCCC2)c1SO.CO. The molecule has 2 saturated carbocycles. The molecule has 1 aromatic carbocycles. The van der Waals surface area contributed by atoms with Crippen LogP contribution in [0.15, 0.2) is 17.0 Å². The van der Waals surface area contributed by atoms with Crippen LogP contribution in [0.1, 0.15) is 132 Å². The Hall–Kier alpha value is -0.510. The smallest absolute Gasteiger partial charge is 0.0420 e. The van der Waals surface area contributed by atoms with Crippen molar-refractivity contribution in [2.75, 3.05) is 7.11 Å². The normalized spacial score (nSPS) is 19.8. The first-order chi connectivity index (χ1) is 13.8. The van der Waals surface area contributed by atoms with E-state index in [0.29, 0.717) is 11.8 Å². The van der Waals surface area contributed by atoms with Crippen LogP contribution in [-0.4, -0.2) is 16.8 Å². The van der Waals surface area contributed by atoms with E-state index in [0.717, 1.165) is 25.1 Å². The summed E-state index contributed by atoms with van der Waals surface area (Å²) in [5.41, 5.74) is 4.54. The van der Waals surface area contributed by atoms with Crippen molar-refractivity contribution in [3.05, 3.63) is 28.8 Å². The summed E-state index contributed by atoms with van der Waals surface area (Å²) >= 11 is 1.04. The van der Waals surface area contributed by atoms with E-state index in [1.165, 1.54) is 99.5 Å². The van der Waals surface area contributed by atoms with Gasteiger partial charge in [0.25, 0.3) is 0 Å². The molecular weight excluding hydrogens is 364 g/mol. The first-order valence-corrected chi connectivity index (χ1v) is 12.5. The summed E-state index contributed by atoms with van der Waals surface area (Å²) in [4.78, 5) is 1.22. The second-order valence-electron chi connectivity index (χ2n) is 8.68. The second-order valence-corrected chi connectivity index (χ2v) is 9.27. The summed E-state index contributed by atoms with van der Waals surface area (Å²) in [7, 11) is 1.00. The number of rotatable bonds is 7. The van der Waals surface area contributed by atoms with Gasteiger partial charge in [-0.1, -0.05) is 70.9 Å². The number of aliphatic hydroxyl groups excluding tert-OH is 1. The Labute approximate surface area is 177 Å². The second kappa shape index (κ2) is 12.9.